The standard InChI is InChI=1S/C20H20ClN3O3/c1-14(26-18-4-2-3-16(21)13-18)20-22-19(23-27-20)15-5-7-17(8-6-15)24-9-11-25-12-10-24/h2-8,13-14H,9-12H2,1H3/t14-/m0/s1. The third-order valence-corrected chi connectivity index (χ3v) is 4.64. The van der Waals surface area contributed by atoms with Crippen LogP contribution in [-0.2, 0) is 4.74 Å². The van der Waals surface area contributed by atoms with Crippen molar-refractivity contribution in [2.24, 2.45) is 0 Å². The monoisotopic (exact) mass is 385 g/mol. The topological polar surface area (TPSA) is 60.6 Å². The molecule has 0 radical (unpaired) electrons. The molecule has 4 rings (SSSR count). The predicted octanol–water partition coefficient (Wildman–Crippen LogP) is 4.37. The zero-order valence-electron chi connectivity index (χ0n) is 15.0. The highest BCUT2D eigenvalue weighted by atomic mass is 35.5. The van der Waals surface area contributed by atoms with Gasteiger partial charge in [0.1, 0.15) is 5.75 Å². The SMILES string of the molecule is C[C@H](Oc1cccc(Cl)c1)c1nc(-c2ccc(N3CCOCC3)cc2)no1. The van der Waals surface area contributed by atoms with E-state index in [9.17, 15) is 0 Å². The highest BCUT2D eigenvalue weighted by Gasteiger charge is 2.18. The summed E-state index contributed by atoms with van der Waals surface area (Å²) in [5.41, 5.74) is 2.07. The third kappa shape index (κ3) is 4.23. The maximum Gasteiger partial charge on any atom is 0.267 e. The molecule has 1 atom stereocenters. The zero-order valence-corrected chi connectivity index (χ0v) is 15.7. The summed E-state index contributed by atoms with van der Waals surface area (Å²) >= 11 is 5.99. The van der Waals surface area contributed by atoms with Crippen molar-refractivity contribution < 1.29 is 14.0 Å². The van der Waals surface area contributed by atoms with Gasteiger partial charge in [-0.25, -0.2) is 0 Å². The van der Waals surface area contributed by atoms with E-state index in [1.54, 1.807) is 12.1 Å². The molecule has 140 valence electrons. The van der Waals surface area contributed by atoms with E-state index in [0.29, 0.717) is 22.5 Å². The number of halogens is 1. The Morgan fingerprint density at radius 3 is 2.63 bits per heavy atom. The van der Waals surface area contributed by atoms with Crippen LogP contribution >= 0.6 is 11.6 Å². The zero-order chi connectivity index (χ0) is 18.6. The molecular formula is C20H20ClN3O3. The van der Waals surface area contributed by atoms with Crippen LogP contribution in [0.15, 0.2) is 53.1 Å². The molecule has 1 fully saturated rings. The van der Waals surface area contributed by atoms with Gasteiger partial charge < -0.3 is 18.9 Å². The number of benzene rings is 2. The minimum absolute atomic E-state index is 0.377. The summed E-state index contributed by atoms with van der Waals surface area (Å²) in [6.07, 6.45) is -0.377. The van der Waals surface area contributed by atoms with Crippen LogP contribution in [0.5, 0.6) is 5.75 Å². The van der Waals surface area contributed by atoms with E-state index in [1.165, 1.54) is 5.69 Å². The fourth-order valence-electron chi connectivity index (χ4n) is 2.96. The average molecular weight is 386 g/mol. The fraction of sp³-hybridized carbons (Fsp3) is 0.300. The van der Waals surface area contributed by atoms with Crippen molar-refractivity contribution in [3.05, 3.63) is 59.4 Å². The maximum atomic E-state index is 5.99. The lowest BCUT2D eigenvalue weighted by molar-refractivity contribution is 0.122. The number of ether oxygens (including phenoxy) is 2. The molecule has 0 bridgehead atoms. The highest BCUT2D eigenvalue weighted by Crippen LogP contribution is 2.26. The molecule has 0 unspecified atom stereocenters. The Labute approximate surface area is 162 Å². The fourth-order valence-corrected chi connectivity index (χ4v) is 3.14. The number of aromatic nitrogens is 2. The van der Waals surface area contributed by atoms with E-state index >= 15 is 0 Å². The summed E-state index contributed by atoms with van der Waals surface area (Å²) in [6, 6.07) is 15.4. The summed E-state index contributed by atoms with van der Waals surface area (Å²) < 4.78 is 16.6. The van der Waals surface area contributed by atoms with Gasteiger partial charge in [-0.15, -0.1) is 0 Å². The second kappa shape index (κ2) is 7.98. The van der Waals surface area contributed by atoms with Crippen molar-refractivity contribution in [1.82, 2.24) is 10.1 Å². The summed E-state index contributed by atoms with van der Waals surface area (Å²) in [5.74, 6) is 1.62. The lowest BCUT2D eigenvalue weighted by Crippen LogP contribution is -2.36. The number of hydrogen-bond acceptors (Lipinski definition) is 6. The molecule has 0 N–H and O–H groups in total. The Morgan fingerprint density at radius 2 is 1.89 bits per heavy atom. The molecule has 7 heteroatoms. The Morgan fingerprint density at radius 1 is 1.11 bits per heavy atom. The molecule has 1 saturated heterocycles. The average Bonchev–Trinajstić information content (AvgIpc) is 3.19. The molecule has 1 aliphatic rings. The molecule has 2 heterocycles. The minimum Gasteiger partial charge on any atom is -0.481 e. The van der Waals surface area contributed by atoms with Gasteiger partial charge in [0.15, 0.2) is 6.10 Å². The Hall–Kier alpha value is -2.57. The van der Waals surface area contributed by atoms with Crippen molar-refractivity contribution in [3.8, 4) is 17.1 Å². The number of anilines is 1. The molecule has 0 spiro atoms. The van der Waals surface area contributed by atoms with Crippen molar-refractivity contribution >= 4 is 17.3 Å². The smallest absolute Gasteiger partial charge is 0.267 e. The van der Waals surface area contributed by atoms with Gasteiger partial charge >= 0.3 is 0 Å². The van der Waals surface area contributed by atoms with Crippen LogP contribution < -0.4 is 9.64 Å². The van der Waals surface area contributed by atoms with Crippen LogP contribution in [-0.4, -0.2) is 36.4 Å². The van der Waals surface area contributed by atoms with E-state index in [-0.39, 0.29) is 6.10 Å². The van der Waals surface area contributed by atoms with E-state index in [2.05, 4.69) is 27.2 Å². The molecule has 2 aromatic carbocycles. The first-order valence-electron chi connectivity index (χ1n) is 8.88. The molecule has 0 amide bonds. The Balaban J connectivity index is 1.45. The molecule has 0 aliphatic carbocycles. The van der Waals surface area contributed by atoms with E-state index in [4.69, 9.17) is 25.6 Å². The van der Waals surface area contributed by atoms with E-state index in [0.717, 1.165) is 31.9 Å². The molecular weight excluding hydrogens is 366 g/mol. The minimum atomic E-state index is -0.377. The van der Waals surface area contributed by atoms with Gasteiger partial charge in [-0.05, 0) is 49.4 Å². The molecule has 1 aliphatic heterocycles. The van der Waals surface area contributed by atoms with Gasteiger partial charge in [0, 0.05) is 29.4 Å². The maximum absolute atomic E-state index is 5.99. The second-order valence-electron chi connectivity index (χ2n) is 6.32. The van der Waals surface area contributed by atoms with Crippen LogP contribution in [0.2, 0.25) is 5.02 Å². The summed E-state index contributed by atoms with van der Waals surface area (Å²) in [6.45, 7) is 5.20. The van der Waals surface area contributed by atoms with Crippen molar-refractivity contribution in [3.63, 3.8) is 0 Å². The number of morpholine rings is 1. The predicted molar refractivity (Wildman–Crippen MR) is 103 cm³/mol. The second-order valence-corrected chi connectivity index (χ2v) is 6.76. The number of hydrogen-bond donors (Lipinski definition) is 0. The van der Waals surface area contributed by atoms with Gasteiger partial charge in [0.05, 0.1) is 13.2 Å². The van der Waals surface area contributed by atoms with Crippen LogP contribution in [0.25, 0.3) is 11.4 Å². The van der Waals surface area contributed by atoms with E-state index < -0.39 is 0 Å². The molecule has 6 nitrogen and oxygen atoms in total. The first-order valence-corrected chi connectivity index (χ1v) is 9.26. The number of nitrogens with zero attached hydrogens (tertiary/aromatic N) is 3. The Bertz CT molecular complexity index is 891. The van der Waals surface area contributed by atoms with Gasteiger partial charge in [-0.3, -0.25) is 0 Å². The third-order valence-electron chi connectivity index (χ3n) is 4.40. The van der Waals surface area contributed by atoms with Gasteiger partial charge in [-0.2, -0.15) is 4.98 Å². The Kier molecular flexibility index (Phi) is 5.27. The normalized spacial score (nSPS) is 15.6. The van der Waals surface area contributed by atoms with Crippen LogP contribution in [0.3, 0.4) is 0 Å². The quantitative estimate of drug-likeness (QED) is 0.650. The van der Waals surface area contributed by atoms with Crippen LogP contribution in [0.1, 0.15) is 18.9 Å². The molecule has 27 heavy (non-hydrogen) atoms. The van der Waals surface area contributed by atoms with E-state index in [1.807, 2.05) is 31.2 Å². The lowest BCUT2D eigenvalue weighted by atomic mass is 10.2. The van der Waals surface area contributed by atoms with Crippen molar-refractivity contribution in [2.75, 3.05) is 31.2 Å². The summed E-state index contributed by atoms with van der Waals surface area (Å²) in [5, 5.41) is 4.70. The summed E-state index contributed by atoms with van der Waals surface area (Å²) in [4.78, 5) is 6.77. The van der Waals surface area contributed by atoms with Gasteiger partial charge in [0.25, 0.3) is 5.89 Å². The highest BCUT2D eigenvalue weighted by molar-refractivity contribution is 6.30. The lowest BCUT2D eigenvalue weighted by Gasteiger charge is -2.28. The largest absolute Gasteiger partial charge is 0.481 e. The summed E-state index contributed by atoms with van der Waals surface area (Å²) in [7, 11) is 0. The first kappa shape index (κ1) is 17.8. The van der Waals surface area contributed by atoms with Crippen molar-refractivity contribution in [2.45, 2.75) is 13.0 Å². The van der Waals surface area contributed by atoms with Crippen LogP contribution in [0.4, 0.5) is 5.69 Å². The molecule has 0 saturated carbocycles. The number of rotatable bonds is 5. The van der Waals surface area contributed by atoms with Gasteiger partial charge in [0.2, 0.25) is 5.82 Å². The first-order chi connectivity index (χ1) is 13.2. The molecule has 3 aromatic rings. The van der Waals surface area contributed by atoms with Crippen molar-refractivity contribution in [1.29, 1.82) is 0 Å². The molecule has 1 aromatic heterocycles. The van der Waals surface area contributed by atoms with Gasteiger partial charge in [-0.1, -0.05) is 22.8 Å². The van der Waals surface area contributed by atoms with Crippen LogP contribution in [0, 0.1) is 0 Å².